The van der Waals surface area contributed by atoms with Crippen LogP contribution in [0.4, 0.5) is 0 Å². The molecule has 2 saturated heterocycles. The number of aliphatic carboxylic acids is 1. The number of hydrogen-bond acceptors (Lipinski definition) is 3. The van der Waals surface area contributed by atoms with Crippen molar-refractivity contribution in [2.24, 2.45) is 5.92 Å². The standard InChI is InChI=1S/C10H13NO3S/c12-10(13)9-6-2-4-15-5-7(6)8-1-3-11(8,9)14/h7-8H,1-5H2,(H,12,13). The van der Waals surface area contributed by atoms with Crippen molar-refractivity contribution in [3.05, 3.63) is 16.5 Å². The molecule has 3 heterocycles. The van der Waals surface area contributed by atoms with Gasteiger partial charge in [-0.25, -0.2) is 4.79 Å². The number of nitrogens with zero attached hydrogens (tertiary/aromatic N) is 1. The van der Waals surface area contributed by atoms with Gasteiger partial charge in [-0.05, 0) is 12.2 Å². The quantitative estimate of drug-likeness (QED) is 0.540. The molecule has 3 unspecified atom stereocenters. The Morgan fingerprint density at radius 1 is 1.60 bits per heavy atom. The molecule has 15 heavy (non-hydrogen) atoms. The van der Waals surface area contributed by atoms with Gasteiger partial charge in [0.15, 0.2) is 0 Å². The predicted molar refractivity (Wildman–Crippen MR) is 57.0 cm³/mol. The summed E-state index contributed by atoms with van der Waals surface area (Å²) in [4.78, 5) is 11.2. The van der Waals surface area contributed by atoms with Crippen molar-refractivity contribution in [1.82, 2.24) is 0 Å². The number of hydroxylamine groups is 3. The van der Waals surface area contributed by atoms with Crippen LogP contribution in [-0.4, -0.2) is 39.8 Å². The summed E-state index contributed by atoms with van der Waals surface area (Å²) in [6, 6.07) is 0.0268. The second kappa shape index (κ2) is 2.99. The average molecular weight is 227 g/mol. The van der Waals surface area contributed by atoms with Crippen LogP contribution in [-0.2, 0) is 4.79 Å². The number of carboxylic acid groups (broad SMARTS) is 1. The second-order valence-electron chi connectivity index (χ2n) is 4.49. The molecule has 0 aromatic rings. The number of carbonyl (C=O) groups is 1. The molecule has 0 amide bonds. The highest BCUT2D eigenvalue weighted by Gasteiger charge is 2.58. The molecule has 0 spiro atoms. The van der Waals surface area contributed by atoms with E-state index in [1.54, 1.807) is 0 Å². The van der Waals surface area contributed by atoms with Gasteiger partial charge in [0.1, 0.15) is 6.04 Å². The Morgan fingerprint density at radius 2 is 2.40 bits per heavy atom. The van der Waals surface area contributed by atoms with Crippen molar-refractivity contribution < 1.29 is 14.5 Å². The first-order valence-electron chi connectivity index (χ1n) is 5.28. The van der Waals surface area contributed by atoms with Gasteiger partial charge in [-0.1, -0.05) is 0 Å². The van der Waals surface area contributed by atoms with E-state index in [4.69, 9.17) is 5.11 Å². The highest BCUT2D eigenvalue weighted by atomic mass is 32.2. The van der Waals surface area contributed by atoms with Gasteiger partial charge in [-0.3, -0.25) is 0 Å². The SMILES string of the molecule is O=C(O)C1=C2CCSCC2C2CC[N+]12[O-]. The van der Waals surface area contributed by atoms with E-state index < -0.39 is 10.6 Å². The minimum absolute atomic E-state index is 0.0268. The molecule has 0 aromatic heterocycles. The molecular weight excluding hydrogens is 214 g/mol. The van der Waals surface area contributed by atoms with E-state index in [0.717, 1.165) is 29.9 Å². The van der Waals surface area contributed by atoms with Crippen LogP contribution in [0.2, 0.25) is 0 Å². The Kier molecular flexibility index (Phi) is 1.93. The molecule has 3 atom stereocenters. The molecular formula is C10H13NO3S. The monoisotopic (exact) mass is 227 g/mol. The molecule has 0 aromatic carbocycles. The smallest absolute Gasteiger partial charge is 0.390 e. The molecule has 3 rings (SSSR count). The third-order valence-electron chi connectivity index (χ3n) is 3.90. The van der Waals surface area contributed by atoms with Crippen LogP contribution in [0, 0.1) is 11.1 Å². The third kappa shape index (κ3) is 1.08. The Morgan fingerprint density at radius 3 is 3.00 bits per heavy atom. The zero-order valence-corrected chi connectivity index (χ0v) is 9.13. The summed E-state index contributed by atoms with van der Waals surface area (Å²) < 4.78 is -0.532. The molecule has 2 fully saturated rings. The van der Waals surface area contributed by atoms with E-state index in [-0.39, 0.29) is 17.7 Å². The molecule has 1 N–H and O–H groups in total. The molecule has 0 saturated carbocycles. The fourth-order valence-corrected chi connectivity index (χ4v) is 4.35. The van der Waals surface area contributed by atoms with Crippen molar-refractivity contribution >= 4 is 17.7 Å². The van der Waals surface area contributed by atoms with E-state index in [1.807, 2.05) is 11.8 Å². The van der Waals surface area contributed by atoms with Crippen molar-refractivity contribution in [2.75, 3.05) is 18.1 Å². The summed E-state index contributed by atoms with van der Waals surface area (Å²) >= 11 is 1.85. The van der Waals surface area contributed by atoms with Crippen molar-refractivity contribution in [1.29, 1.82) is 0 Å². The van der Waals surface area contributed by atoms with Gasteiger partial charge in [-0.2, -0.15) is 11.8 Å². The Balaban J connectivity index is 2.08. The molecule has 0 radical (unpaired) electrons. The van der Waals surface area contributed by atoms with Crippen molar-refractivity contribution in [3.8, 4) is 0 Å². The summed E-state index contributed by atoms with van der Waals surface area (Å²) in [7, 11) is 0. The Bertz CT molecular complexity index is 368. The number of hydrogen-bond donors (Lipinski definition) is 1. The lowest BCUT2D eigenvalue weighted by atomic mass is 9.89. The summed E-state index contributed by atoms with van der Waals surface area (Å²) in [5.41, 5.74) is 1.13. The molecule has 0 bridgehead atoms. The first kappa shape index (κ1) is 9.69. The summed E-state index contributed by atoms with van der Waals surface area (Å²) in [6.07, 6.45) is 1.70. The number of carboxylic acids is 1. The summed E-state index contributed by atoms with van der Waals surface area (Å²) in [6.45, 7) is 0.469. The van der Waals surface area contributed by atoms with E-state index in [0.29, 0.717) is 6.54 Å². The van der Waals surface area contributed by atoms with Crippen LogP contribution in [0.3, 0.4) is 0 Å². The number of quaternary nitrogens is 1. The van der Waals surface area contributed by atoms with Crippen molar-refractivity contribution in [2.45, 2.75) is 18.9 Å². The van der Waals surface area contributed by atoms with Crippen LogP contribution in [0.25, 0.3) is 0 Å². The summed E-state index contributed by atoms with van der Waals surface area (Å²) in [5, 5.41) is 21.5. The maximum atomic E-state index is 12.3. The van der Waals surface area contributed by atoms with Gasteiger partial charge < -0.3 is 15.0 Å². The normalized spacial score (nSPS) is 43.3. The van der Waals surface area contributed by atoms with Crippen LogP contribution >= 0.6 is 11.8 Å². The van der Waals surface area contributed by atoms with Gasteiger partial charge in [0.2, 0.25) is 5.70 Å². The molecule has 3 aliphatic rings. The Labute approximate surface area is 92.1 Å². The van der Waals surface area contributed by atoms with Crippen LogP contribution in [0.15, 0.2) is 11.3 Å². The van der Waals surface area contributed by atoms with Gasteiger partial charge in [0.25, 0.3) is 0 Å². The first-order valence-corrected chi connectivity index (χ1v) is 6.43. The fourth-order valence-electron chi connectivity index (χ4n) is 3.14. The van der Waals surface area contributed by atoms with Crippen molar-refractivity contribution in [3.63, 3.8) is 0 Å². The van der Waals surface area contributed by atoms with Crippen LogP contribution in [0.1, 0.15) is 12.8 Å². The maximum Gasteiger partial charge on any atom is 0.390 e. The van der Waals surface area contributed by atoms with E-state index in [1.165, 1.54) is 0 Å². The number of thioether (sulfide) groups is 1. The van der Waals surface area contributed by atoms with Gasteiger partial charge in [0.05, 0.1) is 13.0 Å². The molecule has 4 nitrogen and oxygen atoms in total. The lowest BCUT2D eigenvalue weighted by Gasteiger charge is -2.53. The number of rotatable bonds is 1. The lowest BCUT2D eigenvalue weighted by Crippen LogP contribution is -2.60. The molecule has 82 valence electrons. The van der Waals surface area contributed by atoms with Crippen LogP contribution < -0.4 is 0 Å². The first-order chi connectivity index (χ1) is 7.14. The maximum absolute atomic E-state index is 12.3. The zero-order valence-electron chi connectivity index (χ0n) is 8.31. The van der Waals surface area contributed by atoms with E-state index in [2.05, 4.69) is 0 Å². The Hall–Kier alpha value is -0.520. The number of fused-ring (bicyclic) bond motifs is 3. The molecule has 5 heteroatoms. The van der Waals surface area contributed by atoms with Gasteiger partial charge in [0, 0.05) is 17.2 Å². The predicted octanol–water partition coefficient (Wildman–Crippen LogP) is 1.18. The van der Waals surface area contributed by atoms with E-state index >= 15 is 0 Å². The topological polar surface area (TPSA) is 60.4 Å². The highest BCUT2D eigenvalue weighted by molar-refractivity contribution is 7.99. The minimum atomic E-state index is -0.987. The van der Waals surface area contributed by atoms with E-state index in [9.17, 15) is 10.0 Å². The second-order valence-corrected chi connectivity index (χ2v) is 5.64. The molecule has 0 aliphatic carbocycles. The zero-order chi connectivity index (χ0) is 10.6. The van der Waals surface area contributed by atoms with Gasteiger partial charge >= 0.3 is 5.97 Å². The highest BCUT2D eigenvalue weighted by Crippen LogP contribution is 2.52. The lowest BCUT2D eigenvalue weighted by molar-refractivity contribution is -0.904. The summed E-state index contributed by atoms with van der Waals surface area (Å²) in [5.74, 6) is 1.18. The third-order valence-corrected chi connectivity index (χ3v) is 4.99. The molecule has 3 aliphatic heterocycles. The minimum Gasteiger partial charge on any atom is -0.627 e. The van der Waals surface area contributed by atoms with Crippen LogP contribution in [0.5, 0.6) is 0 Å². The fraction of sp³-hybridized carbons (Fsp3) is 0.700. The average Bonchev–Trinajstić information content (AvgIpc) is 2.34. The van der Waals surface area contributed by atoms with Gasteiger partial charge in [-0.15, -0.1) is 0 Å². The largest absolute Gasteiger partial charge is 0.627 e.